The minimum atomic E-state index is 0.217. The van der Waals surface area contributed by atoms with Crippen LogP contribution in [0.2, 0.25) is 0 Å². The molecule has 1 atom stereocenters. The van der Waals surface area contributed by atoms with Crippen LogP contribution in [0, 0.1) is 0 Å². The van der Waals surface area contributed by atoms with Crippen molar-refractivity contribution in [2.45, 2.75) is 32.2 Å². The second-order valence-electron chi connectivity index (χ2n) is 4.45. The molecule has 4 nitrogen and oxygen atoms in total. The summed E-state index contributed by atoms with van der Waals surface area (Å²) in [5.74, 6) is 1.87. The van der Waals surface area contributed by atoms with Crippen LogP contribution < -0.4 is 5.32 Å². The molecule has 3 rings (SSSR count). The van der Waals surface area contributed by atoms with Crippen LogP contribution in [0.5, 0.6) is 0 Å². The van der Waals surface area contributed by atoms with E-state index in [0.717, 1.165) is 30.9 Å². The number of rotatable bonds is 3. The van der Waals surface area contributed by atoms with Crippen molar-refractivity contribution < 1.29 is 0 Å². The Hall–Kier alpha value is -1.84. The van der Waals surface area contributed by atoms with Crippen molar-refractivity contribution >= 4 is 5.69 Å². The molecule has 2 aromatic rings. The summed E-state index contributed by atoms with van der Waals surface area (Å²) in [5, 5.41) is 10.8. The third-order valence-corrected chi connectivity index (χ3v) is 3.12. The van der Waals surface area contributed by atoms with Crippen molar-refractivity contribution in [3.8, 4) is 0 Å². The van der Waals surface area contributed by atoms with Crippen LogP contribution in [0.15, 0.2) is 24.3 Å². The lowest BCUT2D eigenvalue weighted by atomic mass is 10.1. The number of nitrogens with zero attached hydrogens (tertiary/aromatic N) is 2. The van der Waals surface area contributed by atoms with Gasteiger partial charge in [0.15, 0.2) is 5.82 Å². The molecule has 0 amide bonds. The van der Waals surface area contributed by atoms with Crippen molar-refractivity contribution in [3.05, 3.63) is 41.5 Å². The molecule has 88 valence electrons. The first kappa shape index (κ1) is 10.3. The first-order valence-corrected chi connectivity index (χ1v) is 6.12. The molecule has 0 radical (unpaired) electrons. The molecule has 0 bridgehead atoms. The summed E-state index contributed by atoms with van der Waals surface area (Å²) in [4.78, 5) is 4.54. The number of aryl methyl sites for hydroxylation is 1. The van der Waals surface area contributed by atoms with Gasteiger partial charge in [-0.2, -0.15) is 5.10 Å². The van der Waals surface area contributed by atoms with Gasteiger partial charge in [0.2, 0.25) is 0 Å². The monoisotopic (exact) mass is 228 g/mol. The molecule has 0 aliphatic carbocycles. The van der Waals surface area contributed by atoms with Crippen LogP contribution in [0.4, 0.5) is 5.69 Å². The minimum Gasteiger partial charge on any atom is -0.375 e. The quantitative estimate of drug-likeness (QED) is 0.848. The molecule has 1 aromatic heterocycles. The van der Waals surface area contributed by atoms with Crippen LogP contribution >= 0.6 is 0 Å². The number of fused-ring (bicyclic) bond motifs is 1. The van der Waals surface area contributed by atoms with Crippen LogP contribution in [0.25, 0.3) is 0 Å². The molecule has 1 aliphatic heterocycles. The maximum absolute atomic E-state index is 4.54. The molecule has 0 spiro atoms. The fourth-order valence-corrected chi connectivity index (χ4v) is 2.27. The predicted octanol–water partition coefficient (Wildman–Crippen LogP) is 2.47. The fourth-order valence-electron chi connectivity index (χ4n) is 2.27. The lowest BCUT2D eigenvalue weighted by molar-refractivity contribution is 0.752. The zero-order chi connectivity index (χ0) is 11.7. The van der Waals surface area contributed by atoms with E-state index in [1.807, 2.05) is 0 Å². The lowest BCUT2D eigenvalue weighted by Gasteiger charge is -2.05. The first-order valence-electron chi connectivity index (χ1n) is 6.12. The molecule has 2 heterocycles. The zero-order valence-electron chi connectivity index (χ0n) is 9.90. The Bertz CT molecular complexity index is 493. The van der Waals surface area contributed by atoms with Gasteiger partial charge < -0.3 is 5.32 Å². The zero-order valence-corrected chi connectivity index (χ0v) is 9.90. The topological polar surface area (TPSA) is 53.6 Å². The van der Waals surface area contributed by atoms with E-state index in [1.54, 1.807) is 0 Å². The Morgan fingerprint density at radius 3 is 3.06 bits per heavy atom. The van der Waals surface area contributed by atoms with Gasteiger partial charge in [-0.25, -0.2) is 4.98 Å². The normalized spacial score (nSPS) is 17.8. The molecule has 0 saturated heterocycles. The van der Waals surface area contributed by atoms with E-state index in [2.05, 4.69) is 51.7 Å². The van der Waals surface area contributed by atoms with Gasteiger partial charge in [0.1, 0.15) is 5.82 Å². The summed E-state index contributed by atoms with van der Waals surface area (Å²) >= 11 is 0. The number of aromatic nitrogens is 3. The number of hydrogen-bond donors (Lipinski definition) is 2. The number of para-hydroxylation sites is 1. The molecule has 4 heteroatoms. The number of nitrogens with one attached hydrogen (secondary N) is 2. The largest absolute Gasteiger partial charge is 0.375 e. The van der Waals surface area contributed by atoms with Crippen molar-refractivity contribution in [3.63, 3.8) is 0 Å². The van der Waals surface area contributed by atoms with Crippen LogP contribution in [-0.4, -0.2) is 15.2 Å². The summed E-state index contributed by atoms with van der Waals surface area (Å²) in [7, 11) is 0. The van der Waals surface area contributed by atoms with Gasteiger partial charge >= 0.3 is 0 Å². The van der Waals surface area contributed by atoms with Gasteiger partial charge in [0.25, 0.3) is 0 Å². The molecule has 1 aliphatic rings. The second kappa shape index (κ2) is 4.20. The van der Waals surface area contributed by atoms with Crippen LogP contribution in [0.1, 0.15) is 36.6 Å². The first-order chi connectivity index (χ1) is 8.36. The summed E-state index contributed by atoms with van der Waals surface area (Å²) in [6, 6.07) is 8.60. The average Bonchev–Trinajstić information content (AvgIpc) is 2.94. The Morgan fingerprint density at radius 1 is 1.35 bits per heavy atom. The van der Waals surface area contributed by atoms with E-state index >= 15 is 0 Å². The smallest absolute Gasteiger partial charge is 0.173 e. The van der Waals surface area contributed by atoms with E-state index < -0.39 is 0 Å². The molecular formula is C13H16N4. The van der Waals surface area contributed by atoms with Crippen molar-refractivity contribution in [1.29, 1.82) is 0 Å². The van der Waals surface area contributed by atoms with E-state index in [-0.39, 0.29) is 6.04 Å². The number of hydrogen-bond acceptors (Lipinski definition) is 3. The van der Waals surface area contributed by atoms with Gasteiger partial charge in [-0.05, 0) is 18.1 Å². The standard InChI is InChI=1S/C13H16N4/c1-2-5-12-15-13(17-16-12)11-8-9-6-3-4-7-10(9)14-11/h3-4,6-7,11,14H,2,5,8H2,1H3,(H,15,16,17)/t11-/m0/s1. The van der Waals surface area contributed by atoms with Gasteiger partial charge in [0.05, 0.1) is 6.04 Å². The Labute approximate surface area is 100 Å². The Kier molecular flexibility index (Phi) is 2.55. The Morgan fingerprint density at radius 2 is 2.24 bits per heavy atom. The van der Waals surface area contributed by atoms with E-state index in [4.69, 9.17) is 0 Å². The van der Waals surface area contributed by atoms with E-state index in [1.165, 1.54) is 11.3 Å². The molecule has 0 fully saturated rings. The SMILES string of the molecule is CCCc1nc([C@@H]2Cc3ccccc3N2)n[nH]1. The summed E-state index contributed by atoms with van der Waals surface area (Å²) in [5.41, 5.74) is 2.55. The Balaban J connectivity index is 1.79. The summed E-state index contributed by atoms with van der Waals surface area (Å²) < 4.78 is 0. The van der Waals surface area contributed by atoms with E-state index in [0.29, 0.717) is 0 Å². The number of benzene rings is 1. The summed E-state index contributed by atoms with van der Waals surface area (Å²) in [6.07, 6.45) is 3.03. The fraction of sp³-hybridized carbons (Fsp3) is 0.385. The molecular weight excluding hydrogens is 212 g/mol. The third-order valence-electron chi connectivity index (χ3n) is 3.12. The van der Waals surface area contributed by atoms with Crippen molar-refractivity contribution in [2.75, 3.05) is 5.32 Å². The minimum absolute atomic E-state index is 0.217. The third kappa shape index (κ3) is 1.90. The van der Waals surface area contributed by atoms with Crippen molar-refractivity contribution in [1.82, 2.24) is 15.2 Å². The number of anilines is 1. The average molecular weight is 228 g/mol. The highest BCUT2D eigenvalue weighted by Crippen LogP contribution is 2.32. The lowest BCUT2D eigenvalue weighted by Crippen LogP contribution is -2.07. The molecule has 2 N–H and O–H groups in total. The number of aromatic amines is 1. The molecule has 0 unspecified atom stereocenters. The predicted molar refractivity (Wildman–Crippen MR) is 66.9 cm³/mol. The second-order valence-corrected chi connectivity index (χ2v) is 4.45. The van der Waals surface area contributed by atoms with Crippen molar-refractivity contribution in [2.24, 2.45) is 0 Å². The van der Waals surface area contributed by atoms with Gasteiger partial charge in [-0.3, -0.25) is 5.10 Å². The highest BCUT2D eigenvalue weighted by atomic mass is 15.2. The number of H-pyrrole nitrogens is 1. The van der Waals surface area contributed by atoms with E-state index in [9.17, 15) is 0 Å². The maximum atomic E-state index is 4.54. The highest BCUT2D eigenvalue weighted by molar-refractivity contribution is 5.57. The van der Waals surface area contributed by atoms with Crippen LogP contribution in [0.3, 0.4) is 0 Å². The van der Waals surface area contributed by atoms with Gasteiger partial charge in [0, 0.05) is 18.5 Å². The summed E-state index contributed by atoms with van der Waals surface area (Å²) in [6.45, 7) is 2.14. The van der Waals surface area contributed by atoms with Crippen LogP contribution in [-0.2, 0) is 12.8 Å². The molecule has 17 heavy (non-hydrogen) atoms. The maximum Gasteiger partial charge on any atom is 0.173 e. The molecule has 0 saturated carbocycles. The van der Waals surface area contributed by atoms with Gasteiger partial charge in [-0.15, -0.1) is 0 Å². The highest BCUT2D eigenvalue weighted by Gasteiger charge is 2.24. The van der Waals surface area contributed by atoms with Gasteiger partial charge in [-0.1, -0.05) is 25.1 Å². The molecule has 1 aromatic carbocycles.